The van der Waals surface area contributed by atoms with Gasteiger partial charge in [0, 0.05) is 39.3 Å². The Morgan fingerprint density at radius 2 is 0.972 bits per heavy atom. The van der Waals surface area contributed by atoms with Crippen molar-refractivity contribution in [2.45, 2.75) is 38.1 Å². The van der Waals surface area contributed by atoms with Crippen LogP contribution in [0.15, 0.2) is 72.8 Å². The lowest BCUT2D eigenvalue weighted by atomic mass is 10.00. The summed E-state index contributed by atoms with van der Waals surface area (Å²) in [6.07, 6.45) is 0.934. The molecule has 2 heterocycles. The van der Waals surface area contributed by atoms with Gasteiger partial charge in [0.25, 0.3) is 0 Å². The number of hydrogen-bond donors (Lipinski definition) is 2. The van der Waals surface area contributed by atoms with E-state index in [1.807, 2.05) is 24.3 Å². The average Bonchev–Trinajstić information content (AvgIpc) is 2.91. The normalized spacial score (nSPS) is 17.6. The fourth-order valence-electron chi connectivity index (χ4n) is 5.14. The molecule has 0 fully saturated rings. The highest BCUT2D eigenvalue weighted by Gasteiger charge is 2.20. The Hall–Kier alpha value is -2.90. The third-order valence-corrected chi connectivity index (χ3v) is 7.07. The predicted molar refractivity (Wildman–Crippen MR) is 140 cm³/mol. The second-order valence-electron chi connectivity index (χ2n) is 9.91. The average molecular weight is 489 g/mol. The van der Waals surface area contributed by atoms with Gasteiger partial charge in [-0.05, 0) is 59.4 Å². The van der Waals surface area contributed by atoms with Crippen LogP contribution in [0.5, 0.6) is 11.5 Å². The molecule has 0 aromatic heterocycles. The first kappa shape index (κ1) is 24.8. The van der Waals surface area contributed by atoms with E-state index < -0.39 is 12.2 Å². The molecule has 6 nitrogen and oxygen atoms in total. The lowest BCUT2D eigenvalue weighted by molar-refractivity contribution is 0.0625. The third kappa shape index (κ3) is 6.65. The molecule has 0 spiro atoms. The topological polar surface area (TPSA) is 65.4 Å². The molecule has 0 aliphatic carbocycles. The highest BCUT2D eigenvalue weighted by Crippen LogP contribution is 2.21. The molecule has 0 radical (unpaired) electrons. The quantitative estimate of drug-likeness (QED) is 0.457. The molecule has 0 saturated heterocycles. The van der Waals surface area contributed by atoms with Crippen LogP contribution in [0.25, 0.3) is 0 Å². The maximum absolute atomic E-state index is 10.5. The van der Waals surface area contributed by atoms with Crippen molar-refractivity contribution in [2.75, 3.05) is 39.4 Å². The molecule has 0 amide bonds. The first-order valence-electron chi connectivity index (χ1n) is 12.9. The van der Waals surface area contributed by atoms with Crippen LogP contribution in [-0.2, 0) is 25.9 Å². The Kier molecular flexibility index (Phi) is 8.18. The van der Waals surface area contributed by atoms with Gasteiger partial charge in [-0.25, -0.2) is 0 Å². The van der Waals surface area contributed by atoms with Crippen molar-refractivity contribution in [3.05, 3.63) is 95.1 Å². The van der Waals surface area contributed by atoms with E-state index in [-0.39, 0.29) is 13.2 Å². The molecule has 2 atom stereocenters. The largest absolute Gasteiger partial charge is 0.491 e. The Labute approximate surface area is 213 Å². The van der Waals surface area contributed by atoms with E-state index in [2.05, 4.69) is 58.3 Å². The fourth-order valence-corrected chi connectivity index (χ4v) is 5.14. The van der Waals surface area contributed by atoms with Gasteiger partial charge >= 0.3 is 0 Å². The van der Waals surface area contributed by atoms with Gasteiger partial charge in [0.2, 0.25) is 0 Å². The molecular weight excluding hydrogens is 452 g/mol. The zero-order valence-corrected chi connectivity index (χ0v) is 20.8. The highest BCUT2D eigenvalue weighted by molar-refractivity contribution is 5.32. The molecule has 0 saturated carbocycles. The Bertz CT molecular complexity index is 1030. The van der Waals surface area contributed by atoms with Gasteiger partial charge in [-0.3, -0.25) is 9.80 Å². The van der Waals surface area contributed by atoms with Gasteiger partial charge in [0.15, 0.2) is 0 Å². The Morgan fingerprint density at radius 3 is 1.39 bits per heavy atom. The number of rotatable bonds is 10. The highest BCUT2D eigenvalue weighted by atomic mass is 16.5. The number of hydrogen-bond acceptors (Lipinski definition) is 6. The van der Waals surface area contributed by atoms with Crippen molar-refractivity contribution in [3.8, 4) is 11.5 Å². The van der Waals surface area contributed by atoms with Crippen molar-refractivity contribution >= 4 is 0 Å². The smallest absolute Gasteiger partial charge is 0.119 e. The van der Waals surface area contributed by atoms with Gasteiger partial charge in [-0.1, -0.05) is 48.5 Å². The van der Waals surface area contributed by atoms with Crippen molar-refractivity contribution in [2.24, 2.45) is 0 Å². The summed E-state index contributed by atoms with van der Waals surface area (Å²) in [5.74, 6) is 1.39. The minimum absolute atomic E-state index is 0.246. The summed E-state index contributed by atoms with van der Waals surface area (Å²) < 4.78 is 11.6. The van der Waals surface area contributed by atoms with Crippen LogP contribution < -0.4 is 9.47 Å². The second-order valence-corrected chi connectivity index (χ2v) is 9.91. The molecule has 190 valence electrons. The van der Waals surface area contributed by atoms with Gasteiger partial charge in [-0.15, -0.1) is 0 Å². The maximum atomic E-state index is 10.5. The molecule has 2 aliphatic rings. The number of fused-ring (bicyclic) bond motifs is 2. The summed E-state index contributed by atoms with van der Waals surface area (Å²) in [6.45, 7) is 5.33. The Balaban J connectivity index is 1.01. The zero-order chi connectivity index (χ0) is 24.7. The summed E-state index contributed by atoms with van der Waals surface area (Å²) in [4.78, 5) is 4.56. The lowest BCUT2D eigenvalue weighted by Gasteiger charge is -2.30. The Morgan fingerprint density at radius 1 is 0.583 bits per heavy atom. The SMILES string of the molecule is O[C@H](COc1ccc(OC[C@H](O)CN2CCc3ccccc3C2)cc1)CN1CCc2ccccc2C1. The molecule has 3 aromatic carbocycles. The molecule has 0 unspecified atom stereocenters. The van der Waals surface area contributed by atoms with E-state index in [1.165, 1.54) is 22.3 Å². The van der Waals surface area contributed by atoms with Crippen molar-refractivity contribution in [3.63, 3.8) is 0 Å². The van der Waals surface area contributed by atoms with Crippen LogP contribution in [0, 0.1) is 0 Å². The lowest BCUT2D eigenvalue weighted by Crippen LogP contribution is -2.38. The first-order chi connectivity index (χ1) is 17.6. The molecule has 2 aliphatic heterocycles. The van der Waals surface area contributed by atoms with Crippen LogP contribution in [0.3, 0.4) is 0 Å². The van der Waals surface area contributed by atoms with Crippen molar-refractivity contribution in [1.82, 2.24) is 9.80 Å². The van der Waals surface area contributed by atoms with Crippen LogP contribution in [0.4, 0.5) is 0 Å². The fraction of sp³-hybridized carbons (Fsp3) is 0.400. The molecule has 36 heavy (non-hydrogen) atoms. The van der Waals surface area contributed by atoms with Crippen LogP contribution in [-0.4, -0.2) is 71.6 Å². The van der Waals surface area contributed by atoms with Crippen LogP contribution in [0.2, 0.25) is 0 Å². The zero-order valence-electron chi connectivity index (χ0n) is 20.8. The monoisotopic (exact) mass is 488 g/mol. The molecule has 5 rings (SSSR count). The van der Waals surface area contributed by atoms with Crippen molar-refractivity contribution in [1.29, 1.82) is 0 Å². The van der Waals surface area contributed by atoms with Gasteiger partial charge < -0.3 is 19.7 Å². The molecule has 2 N–H and O–H groups in total. The predicted octanol–water partition coefficient (Wildman–Crippen LogP) is 3.28. The van der Waals surface area contributed by atoms with E-state index in [4.69, 9.17) is 9.47 Å². The molecular formula is C30H36N2O4. The van der Waals surface area contributed by atoms with Crippen LogP contribution in [0.1, 0.15) is 22.3 Å². The van der Waals surface area contributed by atoms with E-state index in [0.29, 0.717) is 24.6 Å². The summed E-state index contributed by atoms with van der Waals surface area (Å²) in [7, 11) is 0. The number of ether oxygens (including phenoxy) is 2. The number of β-amino-alcohol motifs (C(OH)–C–C–N with tert-alkyl or cyclic N) is 2. The molecule has 0 bridgehead atoms. The van der Waals surface area contributed by atoms with E-state index in [1.54, 1.807) is 0 Å². The second kappa shape index (κ2) is 11.9. The first-order valence-corrected chi connectivity index (χ1v) is 12.9. The minimum Gasteiger partial charge on any atom is -0.491 e. The van der Waals surface area contributed by atoms with E-state index in [9.17, 15) is 10.2 Å². The molecule has 6 heteroatoms. The molecule has 3 aromatic rings. The number of nitrogens with zero attached hydrogens (tertiary/aromatic N) is 2. The third-order valence-electron chi connectivity index (χ3n) is 7.07. The minimum atomic E-state index is -0.553. The van der Waals surface area contributed by atoms with Gasteiger partial charge in [-0.2, -0.15) is 0 Å². The van der Waals surface area contributed by atoms with E-state index in [0.717, 1.165) is 39.0 Å². The number of aliphatic hydroxyl groups is 2. The maximum Gasteiger partial charge on any atom is 0.119 e. The summed E-state index contributed by atoms with van der Waals surface area (Å²) >= 11 is 0. The van der Waals surface area contributed by atoms with Gasteiger partial charge in [0.1, 0.15) is 36.9 Å². The number of aliphatic hydroxyl groups excluding tert-OH is 2. The summed E-state index contributed by atoms with van der Waals surface area (Å²) in [6, 6.07) is 24.4. The number of benzene rings is 3. The summed E-state index contributed by atoms with van der Waals surface area (Å²) in [5, 5.41) is 21.0. The standard InChI is InChI=1S/C30H36N2O4/c33-27(19-31-15-13-23-5-1-3-7-25(23)17-31)21-35-29-9-11-30(12-10-29)36-22-28(34)20-32-16-14-24-6-2-4-8-26(24)18-32/h1-12,27-28,33-34H,13-22H2/t27-,28+. The summed E-state index contributed by atoms with van der Waals surface area (Å²) in [5.41, 5.74) is 5.51. The van der Waals surface area contributed by atoms with Crippen LogP contribution >= 0.6 is 0 Å². The van der Waals surface area contributed by atoms with E-state index >= 15 is 0 Å². The van der Waals surface area contributed by atoms with Crippen molar-refractivity contribution < 1.29 is 19.7 Å². The van der Waals surface area contributed by atoms with Gasteiger partial charge in [0.05, 0.1) is 0 Å².